The number of piperidine rings is 1. The third-order valence-electron chi connectivity index (χ3n) is 5.31. The van der Waals surface area contributed by atoms with Crippen LogP contribution >= 0.6 is 0 Å². The summed E-state index contributed by atoms with van der Waals surface area (Å²) < 4.78 is 0. The summed E-state index contributed by atoms with van der Waals surface area (Å²) in [6, 6.07) is 0.0896. The van der Waals surface area contributed by atoms with E-state index in [1.54, 1.807) is 0 Å². The summed E-state index contributed by atoms with van der Waals surface area (Å²) in [4.78, 5) is 14.1. The van der Waals surface area contributed by atoms with Crippen molar-refractivity contribution in [2.45, 2.75) is 58.5 Å². The smallest absolute Gasteiger partial charge is 0.317 e. The molecule has 2 rings (SSSR count). The highest BCUT2D eigenvalue weighted by Gasteiger charge is 2.26. The first-order valence-electron chi connectivity index (χ1n) is 8.28. The van der Waals surface area contributed by atoms with Crippen LogP contribution in [0.1, 0.15) is 52.4 Å². The van der Waals surface area contributed by atoms with Gasteiger partial charge in [-0.15, -0.1) is 0 Å². The van der Waals surface area contributed by atoms with E-state index in [0.29, 0.717) is 11.8 Å². The van der Waals surface area contributed by atoms with Crippen LogP contribution in [-0.4, -0.2) is 41.8 Å². The average Bonchev–Trinajstić information content (AvgIpc) is 2.46. The van der Waals surface area contributed by atoms with Gasteiger partial charge in [-0.25, -0.2) is 4.79 Å². The molecule has 2 amide bonds. The molecule has 3 unspecified atom stereocenters. The highest BCUT2D eigenvalue weighted by molar-refractivity contribution is 5.74. The molecule has 0 bridgehead atoms. The van der Waals surface area contributed by atoms with Gasteiger partial charge in [0, 0.05) is 19.6 Å². The number of hydrogen-bond donors (Lipinski definition) is 2. The first kappa shape index (κ1) is 15.6. The second-order valence-corrected chi connectivity index (χ2v) is 6.77. The molecule has 3 atom stereocenters. The molecule has 4 heteroatoms. The Morgan fingerprint density at radius 2 is 1.90 bits per heavy atom. The molecule has 0 aromatic carbocycles. The van der Waals surface area contributed by atoms with Gasteiger partial charge in [0.1, 0.15) is 0 Å². The molecule has 1 heterocycles. The molecular weight excluding hydrogens is 252 g/mol. The molecule has 1 saturated carbocycles. The Labute approximate surface area is 122 Å². The standard InChI is InChI=1S/C16H30N2O2/c1-12-5-3-4-6-15(12)11-17-16(20)18-9-7-14(8-10-18)13(2)19/h12-15,19H,3-11H2,1-2H3,(H,17,20). The summed E-state index contributed by atoms with van der Waals surface area (Å²) in [7, 11) is 0. The van der Waals surface area contributed by atoms with Crippen molar-refractivity contribution in [3.63, 3.8) is 0 Å². The molecule has 2 aliphatic rings. The fourth-order valence-electron chi connectivity index (χ4n) is 3.61. The second kappa shape index (κ2) is 7.30. The Bertz CT molecular complexity index is 312. The maximum Gasteiger partial charge on any atom is 0.317 e. The molecule has 0 radical (unpaired) electrons. The van der Waals surface area contributed by atoms with E-state index in [1.807, 2.05) is 11.8 Å². The SMILES string of the molecule is CC(O)C1CCN(C(=O)NCC2CCCCC2C)CC1. The van der Waals surface area contributed by atoms with E-state index in [0.717, 1.165) is 38.4 Å². The van der Waals surface area contributed by atoms with E-state index in [-0.39, 0.29) is 12.1 Å². The van der Waals surface area contributed by atoms with Crippen LogP contribution in [0.5, 0.6) is 0 Å². The number of rotatable bonds is 3. The van der Waals surface area contributed by atoms with Crippen molar-refractivity contribution >= 4 is 6.03 Å². The van der Waals surface area contributed by atoms with Gasteiger partial charge in [0.15, 0.2) is 0 Å². The highest BCUT2D eigenvalue weighted by Crippen LogP contribution is 2.29. The van der Waals surface area contributed by atoms with Crippen molar-refractivity contribution in [1.29, 1.82) is 0 Å². The Morgan fingerprint density at radius 3 is 2.50 bits per heavy atom. The summed E-state index contributed by atoms with van der Waals surface area (Å²) in [5.74, 6) is 1.75. The molecule has 2 N–H and O–H groups in total. The molecule has 2 fully saturated rings. The molecule has 1 aliphatic heterocycles. The predicted molar refractivity (Wildman–Crippen MR) is 80.5 cm³/mol. The number of urea groups is 1. The number of nitrogens with zero attached hydrogens (tertiary/aromatic N) is 1. The van der Waals surface area contributed by atoms with Gasteiger partial charge in [0.25, 0.3) is 0 Å². The predicted octanol–water partition coefficient (Wildman–Crippen LogP) is 2.62. The summed E-state index contributed by atoms with van der Waals surface area (Å²) in [6.45, 7) is 6.55. The largest absolute Gasteiger partial charge is 0.393 e. The maximum absolute atomic E-state index is 12.2. The minimum atomic E-state index is -0.247. The Morgan fingerprint density at radius 1 is 1.25 bits per heavy atom. The van der Waals surface area contributed by atoms with Crippen LogP contribution in [0.2, 0.25) is 0 Å². The number of aliphatic hydroxyl groups excluding tert-OH is 1. The van der Waals surface area contributed by atoms with Crippen molar-refractivity contribution in [1.82, 2.24) is 10.2 Å². The van der Waals surface area contributed by atoms with E-state index < -0.39 is 0 Å². The lowest BCUT2D eigenvalue weighted by molar-refractivity contribution is 0.0793. The zero-order chi connectivity index (χ0) is 14.5. The van der Waals surface area contributed by atoms with E-state index >= 15 is 0 Å². The van der Waals surface area contributed by atoms with Gasteiger partial charge >= 0.3 is 6.03 Å². The lowest BCUT2D eigenvalue weighted by atomic mass is 9.80. The van der Waals surface area contributed by atoms with Crippen molar-refractivity contribution in [3.8, 4) is 0 Å². The Hall–Kier alpha value is -0.770. The molecular formula is C16H30N2O2. The van der Waals surface area contributed by atoms with Crippen molar-refractivity contribution in [3.05, 3.63) is 0 Å². The molecule has 1 aliphatic carbocycles. The van der Waals surface area contributed by atoms with Crippen LogP contribution in [0.25, 0.3) is 0 Å². The lowest BCUT2D eigenvalue weighted by Crippen LogP contribution is -2.47. The molecule has 116 valence electrons. The van der Waals surface area contributed by atoms with Crippen molar-refractivity contribution in [2.24, 2.45) is 17.8 Å². The van der Waals surface area contributed by atoms with Gasteiger partial charge in [-0.1, -0.05) is 26.2 Å². The zero-order valence-electron chi connectivity index (χ0n) is 13.0. The topological polar surface area (TPSA) is 52.6 Å². The van der Waals surface area contributed by atoms with Gasteiger partial charge in [0.2, 0.25) is 0 Å². The number of nitrogens with one attached hydrogen (secondary N) is 1. The normalized spacial score (nSPS) is 30.1. The second-order valence-electron chi connectivity index (χ2n) is 6.77. The number of amides is 2. The van der Waals surface area contributed by atoms with Crippen LogP contribution in [0.4, 0.5) is 4.79 Å². The first-order valence-corrected chi connectivity index (χ1v) is 8.28. The van der Waals surface area contributed by atoms with Crippen LogP contribution in [0, 0.1) is 17.8 Å². The molecule has 0 aromatic heterocycles. The average molecular weight is 282 g/mol. The van der Waals surface area contributed by atoms with Crippen LogP contribution in [0.15, 0.2) is 0 Å². The minimum Gasteiger partial charge on any atom is -0.393 e. The lowest BCUT2D eigenvalue weighted by Gasteiger charge is -2.34. The quantitative estimate of drug-likeness (QED) is 0.836. The fourth-order valence-corrected chi connectivity index (χ4v) is 3.61. The summed E-state index contributed by atoms with van der Waals surface area (Å²) in [5.41, 5.74) is 0. The zero-order valence-corrected chi connectivity index (χ0v) is 13.0. The van der Waals surface area contributed by atoms with Crippen molar-refractivity contribution < 1.29 is 9.90 Å². The van der Waals surface area contributed by atoms with Crippen molar-refractivity contribution in [2.75, 3.05) is 19.6 Å². The molecule has 4 nitrogen and oxygen atoms in total. The number of carbonyl (C=O) groups is 1. The van der Waals surface area contributed by atoms with Gasteiger partial charge < -0.3 is 15.3 Å². The fraction of sp³-hybridized carbons (Fsp3) is 0.938. The van der Waals surface area contributed by atoms with E-state index in [9.17, 15) is 9.90 Å². The van der Waals surface area contributed by atoms with Gasteiger partial charge in [-0.3, -0.25) is 0 Å². The van der Waals surface area contributed by atoms with Gasteiger partial charge in [0.05, 0.1) is 6.10 Å². The number of hydrogen-bond acceptors (Lipinski definition) is 2. The highest BCUT2D eigenvalue weighted by atomic mass is 16.3. The third kappa shape index (κ3) is 4.11. The molecule has 20 heavy (non-hydrogen) atoms. The van der Waals surface area contributed by atoms with Crippen LogP contribution in [0.3, 0.4) is 0 Å². The number of aliphatic hydroxyl groups is 1. The number of carbonyl (C=O) groups excluding carboxylic acids is 1. The van der Waals surface area contributed by atoms with E-state index in [2.05, 4.69) is 12.2 Å². The van der Waals surface area contributed by atoms with E-state index in [1.165, 1.54) is 25.7 Å². The summed E-state index contributed by atoms with van der Waals surface area (Å²) in [5, 5.41) is 12.7. The Balaban J connectivity index is 1.70. The van der Waals surface area contributed by atoms with E-state index in [4.69, 9.17) is 0 Å². The molecule has 0 aromatic rings. The van der Waals surface area contributed by atoms with Crippen LogP contribution in [-0.2, 0) is 0 Å². The maximum atomic E-state index is 12.2. The first-order chi connectivity index (χ1) is 9.58. The summed E-state index contributed by atoms with van der Waals surface area (Å²) >= 11 is 0. The molecule has 1 saturated heterocycles. The molecule has 0 spiro atoms. The Kier molecular flexibility index (Phi) is 5.70. The van der Waals surface area contributed by atoms with Gasteiger partial charge in [-0.2, -0.15) is 0 Å². The minimum absolute atomic E-state index is 0.0896. The number of likely N-dealkylation sites (tertiary alicyclic amines) is 1. The van der Waals surface area contributed by atoms with Crippen LogP contribution < -0.4 is 5.32 Å². The summed E-state index contributed by atoms with van der Waals surface area (Å²) in [6.07, 6.45) is 6.81. The third-order valence-corrected chi connectivity index (χ3v) is 5.31. The monoisotopic (exact) mass is 282 g/mol. The van der Waals surface area contributed by atoms with Gasteiger partial charge in [-0.05, 0) is 43.9 Å².